The highest BCUT2D eigenvalue weighted by Gasteiger charge is 2.33. The molecule has 0 fully saturated rings. The summed E-state index contributed by atoms with van der Waals surface area (Å²) in [4.78, 5) is 29.6. The molecule has 154 valence electrons. The summed E-state index contributed by atoms with van der Waals surface area (Å²) in [5, 5.41) is 15.6. The lowest BCUT2D eigenvalue weighted by molar-refractivity contribution is -0.139. The van der Waals surface area contributed by atoms with Crippen molar-refractivity contribution in [3.8, 4) is 6.07 Å². The number of ether oxygens (including phenoxy) is 1. The van der Waals surface area contributed by atoms with E-state index < -0.39 is 18.0 Å². The van der Waals surface area contributed by atoms with Gasteiger partial charge in [-0.2, -0.15) is 5.26 Å². The second-order valence-electron chi connectivity index (χ2n) is 6.72. The third-order valence-corrected chi connectivity index (χ3v) is 5.56. The Balaban J connectivity index is 2.01. The highest BCUT2D eigenvalue weighted by Crippen LogP contribution is 2.31. The number of hydrogen-bond donors (Lipinski definition) is 2. The number of aryl methyl sites for hydroxylation is 2. The van der Waals surface area contributed by atoms with E-state index in [9.17, 15) is 14.9 Å². The Hall–Kier alpha value is -3.31. The molecule has 0 saturated carbocycles. The maximum atomic E-state index is 12.8. The molecule has 0 bridgehead atoms. The lowest BCUT2D eigenvalue weighted by Crippen LogP contribution is -2.46. The zero-order valence-corrected chi connectivity index (χ0v) is 17.8. The lowest BCUT2D eigenvalue weighted by atomic mass is 9.95. The van der Waals surface area contributed by atoms with Crippen LogP contribution in [0.25, 0.3) is 0 Å². The number of carbonyl (C=O) groups is 2. The molecule has 0 spiro atoms. The van der Waals surface area contributed by atoms with Gasteiger partial charge in [0.15, 0.2) is 0 Å². The SMILES string of the molecule is CCOC(=O)C1=C(CSc2nc(C)cc(C)c2C#N)NC(=O)N[C@H]1c1ccccc1. The van der Waals surface area contributed by atoms with Gasteiger partial charge in [0.05, 0.1) is 23.8 Å². The maximum Gasteiger partial charge on any atom is 0.338 e. The largest absolute Gasteiger partial charge is 0.463 e. The van der Waals surface area contributed by atoms with Gasteiger partial charge in [0, 0.05) is 17.1 Å². The standard InChI is InChI=1S/C22H22N4O3S/c1-4-29-21(27)18-17(12-30-20-16(11-23)13(2)10-14(3)24-20)25-22(28)26-19(18)15-8-6-5-7-9-15/h5-10,19H,4,12H2,1-3H3,(H2,25,26,28)/t19-/m0/s1. The fourth-order valence-electron chi connectivity index (χ4n) is 3.26. The van der Waals surface area contributed by atoms with Gasteiger partial charge in [-0.15, -0.1) is 0 Å². The van der Waals surface area contributed by atoms with E-state index >= 15 is 0 Å². The number of aromatic nitrogens is 1. The van der Waals surface area contributed by atoms with Crippen LogP contribution in [-0.4, -0.2) is 29.3 Å². The van der Waals surface area contributed by atoms with Crippen LogP contribution >= 0.6 is 11.8 Å². The Morgan fingerprint density at radius 2 is 2.03 bits per heavy atom. The predicted octanol–water partition coefficient (Wildman–Crippen LogP) is 3.53. The molecule has 0 saturated heterocycles. The molecule has 2 heterocycles. The van der Waals surface area contributed by atoms with Gasteiger partial charge in [-0.1, -0.05) is 42.1 Å². The van der Waals surface area contributed by atoms with Crippen molar-refractivity contribution >= 4 is 23.8 Å². The first-order chi connectivity index (χ1) is 14.4. The van der Waals surface area contributed by atoms with Crippen LogP contribution in [-0.2, 0) is 9.53 Å². The summed E-state index contributed by atoms with van der Waals surface area (Å²) in [7, 11) is 0. The van der Waals surface area contributed by atoms with Crippen molar-refractivity contribution in [3.63, 3.8) is 0 Å². The molecule has 2 aromatic rings. The monoisotopic (exact) mass is 422 g/mol. The number of urea groups is 1. The van der Waals surface area contributed by atoms with Crippen molar-refractivity contribution < 1.29 is 14.3 Å². The zero-order chi connectivity index (χ0) is 21.7. The summed E-state index contributed by atoms with van der Waals surface area (Å²) in [6.45, 7) is 5.67. The minimum atomic E-state index is -0.628. The number of amides is 2. The van der Waals surface area contributed by atoms with Crippen LogP contribution in [0.1, 0.15) is 35.3 Å². The highest BCUT2D eigenvalue weighted by atomic mass is 32.2. The number of carbonyl (C=O) groups excluding carboxylic acids is 2. The molecule has 2 N–H and O–H groups in total. The number of thioether (sulfide) groups is 1. The van der Waals surface area contributed by atoms with Crippen LogP contribution in [0.2, 0.25) is 0 Å². The first-order valence-corrected chi connectivity index (χ1v) is 10.5. The van der Waals surface area contributed by atoms with Crippen LogP contribution in [0, 0.1) is 25.2 Å². The summed E-state index contributed by atoms with van der Waals surface area (Å²) in [5.41, 5.74) is 3.69. The third-order valence-electron chi connectivity index (χ3n) is 4.56. The van der Waals surface area contributed by atoms with Crippen LogP contribution in [0.5, 0.6) is 0 Å². The van der Waals surface area contributed by atoms with Gasteiger partial charge >= 0.3 is 12.0 Å². The Bertz CT molecular complexity index is 1040. The molecular formula is C22H22N4O3S. The molecule has 2 amide bonds. The number of rotatable bonds is 6. The minimum Gasteiger partial charge on any atom is -0.463 e. The molecule has 0 radical (unpaired) electrons. The van der Waals surface area contributed by atoms with E-state index in [-0.39, 0.29) is 12.4 Å². The number of esters is 1. The summed E-state index contributed by atoms with van der Waals surface area (Å²) >= 11 is 1.30. The van der Waals surface area contributed by atoms with Crippen molar-refractivity contribution in [1.82, 2.24) is 15.6 Å². The average molecular weight is 423 g/mol. The quantitative estimate of drug-likeness (QED) is 0.545. The lowest BCUT2D eigenvalue weighted by Gasteiger charge is -2.29. The maximum absolute atomic E-state index is 12.8. The number of benzene rings is 1. The van der Waals surface area contributed by atoms with Crippen LogP contribution in [0.3, 0.4) is 0 Å². The molecule has 1 atom stereocenters. The smallest absolute Gasteiger partial charge is 0.338 e. The predicted molar refractivity (Wildman–Crippen MR) is 114 cm³/mol. The molecule has 30 heavy (non-hydrogen) atoms. The molecule has 1 aromatic carbocycles. The van der Waals surface area contributed by atoms with Gasteiger partial charge in [-0.25, -0.2) is 14.6 Å². The zero-order valence-electron chi connectivity index (χ0n) is 17.0. The summed E-state index contributed by atoms with van der Waals surface area (Å²) in [6, 6.07) is 12.3. The minimum absolute atomic E-state index is 0.218. The van der Waals surface area contributed by atoms with Crippen molar-refractivity contribution in [2.75, 3.05) is 12.4 Å². The van der Waals surface area contributed by atoms with Crippen LogP contribution in [0.15, 0.2) is 52.7 Å². The van der Waals surface area contributed by atoms with E-state index in [0.717, 1.165) is 16.8 Å². The van der Waals surface area contributed by atoms with Gasteiger partial charge < -0.3 is 15.4 Å². The second-order valence-corrected chi connectivity index (χ2v) is 7.68. The first kappa shape index (κ1) is 21.4. The molecule has 7 nitrogen and oxygen atoms in total. The third kappa shape index (κ3) is 4.63. The van der Waals surface area contributed by atoms with Crippen molar-refractivity contribution in [3.05, 3.63) is 70.1 Å². The van der Waals surface area contributed by atoms with E-state index in [4.69, 9.17) is 4.74 Å². The fourth-order valence-corrected chi connectivity index (χ4v) is 4.33. The van der Waals surface area contributed by atoms with E-state index in [1.54, 1.807) is 6.92 Å². The van der Waals surface area contributed by atoms with Gasteiger partial charge in [0.2, 0.25) is 0 Å². The summed E-state index contributed by atoms with van der Waals surface area (Å²) < 4.78 is 5.27. The number of nitrogens with zero attached hydrogens (tertiary/aromatic N) is 2. The number of nitriles is 1. The van der Waals surface area contributed by atoms with Crippen LogP contribution in [0.4, 0.5) is 4.79 Å². The van der Waals surface area contributed by atoms with E-state index in [0.29, 0.717) is 21.9 Å². The molecule has 1 aliphatic heterocycles. The fraction of sp³-hybridized carbons (Fsp3) is 0.273. The molecule has 0 aliphatic carbocycles. The molecule has 3 rings (SSSR count). The molecule has 1 aromatic heterocycles. The van der Waals surface area contributed by atoms with Gasteiger partial charge in [0.25, 0.3) is 0 Å². The summed E-state index contributed by atoms with van der Waals surface area (Å²) in [5.74, 6) is -0.238. The topological polar surface area (TPSA) is 104 Å². The van der Waals surface area contributed by atoms with Gasteiger partial charge in [0.1, 0.15) is 11.1 Å². The Labute approximate surface area is 179 Å². The van der Waals surface area contributed by atoms with Gasteiger partial charge in [-0.05, 0) is 38.0 Å². The van der Waals surface area contributed by atoms with Crippen molar-refractivity contribution in [1.29, 1.82) is 5.26 Å². The van der Waals surface area contributed by atoms with E-state index in [1.165, 1.54) is 11.8 Å². The number of pyridine rings is 1. The molecular weight excluding hydrogens is 400 g/mol. The molecule has 1 aliphatic rings. The Morgan fingerprint density at radius 1 is 1.30 bits per heavy atom. The normalized spacial score (nSPS) is 15.8. The first-order valence-electron chi connectivity index (χ1n) is 9.48. The van der Waals surface area contributed by atoms with Gasteiger partial charge in [-0.3, -0.25) is 0 Å². The number of nitrogens with one attached hydrogen (secondary N) is 2. The van der Waals surface area contributed by atoms with E-state index in [1.807, 2.05) is 50.2 Å². The average Bonchev–Trinajstić information content (AvgIpc) is 2.72. The van der Waals surface area contributed by atoms with Crippen molar-refractivity contribution in [2.45, 2.75) is 31.8 Å². The summed E-state index contributed by atoms with van der Waals surface area (Å²) in [6.07, 6.45) is 0. The molecule has 0 unspecified atom stereocenters. The molecule has 8 heteroatoms. The van der Waals surface area contributed by atoms with Crippen molar-refractivity contribution in [2.24, 2.45) is 0 Å². The highest BCUT2D eigenvalue weighted by molar-refractivity contribution is 7.99. The number of hydrogen-bond acceptors (Lipinski definition) is 6. The Morgan fingerprint density at radius 3 is 2.70 bits per heavy atom. The second kappa shape index (κ2) is 9.46. The van der Waals surface area contributed by atoms with E-state index in [2.05, 4.69) is 21.7 Å². The van der Waals surface area contributed by atoms with Crippen LogP contribution < -0.4 is 10.6 Å². The Kier molecular flexibility index (Phi) is 6.75.